The molecule has 0 saturated carbocycles. The van der Waals surface area contributed by atoms with E-state index in [9.17, 15) is 0 Å². The fraction of sp³-hybridized carbons (Fsp3) is 0.0392. The van der Waals surface area contributed by atoms with Crippen LogP contribution in [0.15, 0.2) is 192 Å². The van der Waals surface area contributed by atoms with E-state index in [0.29, 0.717) is 23.4 Å². The second kappa shape index (κ2) is 12.8. The molecule has 0 amide bonds. The summed E-state index contributed by atoms with van der Waals surface area (Å²) in [5.41, 5.74) is 10.6. The number of nitrogens with zero attached hydrogens (tertiary/aromatic N) is 3. The van der Waals surface area contributed by atoms with Gasteiger partial charge in [-0.1, -0.05) is 164 Å². The molecule has 1 atom stereocenters. The molecule has 55 heavy (non-hydrogen) atoms. The lowest BCUT2D eigenvalue weighted by atomic mass is 9.82. The summed E-state index contributed by atoms with van der Waals surface area (Å²) in [5.74, 6) is 2.27. The Hall–Kier alpha value is -7.17. The minimum atomic E-state index is 0.418. The molecule has 0 saturated heterocycles. The maximum atomic E-state index is 6.78. The topological polar surface area (TPSA) is 51.8 Å². The van der Waals surface area contributed by atoms with Gasteiger partial charge in [-0.25, -0.2) is 15.0 Å². The first kappa shape index (κ1) is 31.4. The Morgan fingerprint density at radius 1 is 0.491 bits per heavy atom. The number of allylic oxidation sites excluding steroid dienone is 8. The van der Waals surface area contributed by atoms with Crippen molar-refractivity contribution in [3.63, 3.8) is 0 Å². The summed E-state index contributed by atoms with van der Waals surface area (Å²) in [4.78, 5) is 15.7. The van der Waals surface area contributed by atoms with E-state index in [-0.39, 0.29) is 0 Å². The summed E-state index contributed by atoms with van der Waals surface area (Å²) in [5, 5.41) is 6.45. The van der Waals surface area contributed by atoms with Crippen molar-refractivity contribution < 1.29 is 4.42 Å². The normalized spacial score (nSPS) is 15.1. The van der Waals surface area contributed by atoms with E-state index in [4.69, 9.17) is 19.4 Å². The molecule has 2 aliphatic rings. The fourth-order valence-electron chi connectivity index (χ4n) is 8.29. The highest BCUT2D eigenvalue weighted by atomic mass is 16.3. The Kier molecular flexibility index (Phi) is 7.27. The summed E-state index contributed by atoms with van der Waals surface area (Å²) in [6, 6.07) is 50.9. The minimum Gasteiger partial charge on any atom is -0.455 e. The number of hydrogen-bond donors (Lipinski definition) is 0. The molecule has 11 rings (SSSR count). The number of fused-ring (bicyclic) bond motifs is 7. The molecule has 0 radical (unpaired) electrons. The van der Waals surface area contributed by atoms with Gasteiger partial charge in [0.15, 0.2) is 17.5 Å². The van der Waals surface area contributed by atoms with Gasteiger partial charge in [0, 0.05) is 38.8 Å². The third-order valence-electron chi connectivity index (χ3n) is 11.1. The van der Waals surface area contributed by atoms with Crippen molar-refractivity contribution in [3.8, 4) is 45.3 Å². The lowest BCUT2D eigenvalue weighted by Crippen LogP contribution is -2.06. The van der Waals surface area contributed by atoms with Gasteiger partial charge in [0.25, 0.3) is 0 Å². The molecule has 2 aromatic heterocycles. The second-order valence-corrected chi connectivity index (χ2v) is 14.4. The second-order valence-electron chi connectivity index (χ2n) is 14.4. The van der Waals surface area contributed by atoms with Gasteiger partial charge in [0.2, 0.25) is 0 Å². The molecule has 0 fully saturated rings. The Bertz CT molecular complexity index is 3110. The number of hydrogen-bond acceptors (Lipinski definition) is 4. The van der Waals surface area contributed by atoms with Crippen LogP contribution in [0.1, 0.15) is 12.0 Å². The van der Waals surface area contributed by atoms with Crippen LogP contribution in [0.3, 0.4) is 0 Å². The van der Waals surface area contributed by atoms with Gasteiger partial charge in [0.05, 0.1) is 0 Å². The molecule has 0 spiro atoms. The molecular weight excluding hydrogens is 671 g/mol. The molecule has 2 heterocycles. The third kappa shape index (κ3) is 5.42. The van der Waals surface area contributed by atoms with Crippen LogP contribution in [0.4, 0.5) is 0 Å². The monoisotopic (exact) mass is 703 g/mol. The van der Waals surface area contributed by atoms with Crippen LogP contribution in [0.2, 0.25) is 0 Å². The van der Waals surface area contributed by atoms with Crippen molar-refractivity contribution in [1.29, 1.82) is 0 Å². The van der Waals surface area contributed by atoms with Crippen LogP contribution >= 0.6 is 0 Å². The first-order valence-corrected chi connectivity index (χ1v) is 18.8. The zero-order valence-corrected chi connectivity index (χ0v) is 29.9. The van der Waals surface area contributed by atoms with Crippen LogP contribution in [-0.2, 0) is 0 Å². The molecular formula is C51H33N3O. The highest BCUT2D eigenvalue weighted by molar-refractivity contribution is 6.23. The largest absolute Gasteiger partial charge is 0.455 e. The SMILES string of the molecule is C1=CC2=CC=C(c3ccc(-c4nc(-c5ccc6ccccc6c5)nc(-c5cc6cccc(-c7ccccc7)c6c6oc7ccccc7c56)n4)cc3)CC2C=C1. The van der Waals surface area contributed by atoms with Gasteiger partial charge in [-0.15, -0.1) is 0 Å². The average Bonchev–Trinajstić information content (AvgIpc) is 3.66. The summed E-state index contributed by atoms with van der Waals surface area (Å²) in [7, 11) is 0. The van der Waals surface area contributed by atoms with Gasteiger partial charge in [0.1, 0.15) is 11.2 Å². The van der Waals surface area contributed by atoms with E-state index >= 15 is 0 Å². The van der Waals surface area contributed by atoms with Gasteiger partial charge in [-0.2, -0.15) is 0 Å². The predicted molar refractivity (Wildman–Crippen MR) is 226 cm³/mol. The van der Waals surface area contributed by atoms with Crippen LogP contribution in [0.25, 0.3) is 94.3 Å². The van der Waals surface area contributed by atoms with Gasteiger partial charge in [-0.05, 0) is 68.6 Å². The number of para-hydroxylation sites is 1. The van der Waals surface area contributed by atoms with Crippen molar-refractivity contribution in [1.82, 2.24) is 15.0 Å². The zero-order valence-electron chi connectivity index (χ0n) is 29.9. The van der Waals surface area contributed by atoms with Crippen LogP contribution in [-0.4, -0.2) is 15.0 Å². The third-order valence-corrected chi connectivity index (χ3v) is 11.1. The van der Waals surface area contributed by atoms with Gasteiger partial charge >= 0.3 is 0 Å². The van der Waals surface area contributed by atoms with Crippen molar-refractivity contribution in [2.45, 2.75) is 6.42 Å². The van der Waals surface area contributed by atoms with Crippen LogP contribution in [0.5, 0.6) is 0 Å². The molecule has 258 valence electrons. The first-order valence-electron chi connectivity index (χ1n) is 18.8. The van der Waals surface area contributed by atoms with E-state index in [1.807, 2.05) is 12.1 Å². The Morgan fingerprint density at radius 2 is 1.22 bits per heavy atom. The Morgan fingerprint density at radius 3 is 2.11 bits per heavy atom. The summed E-state index contributed by atoms with van der Waals surface area (Å²) in [6.07, 6.45) is 14.3. The number of rotatable bonds is 5. The van der Waals surface area contributed by atoms with Gasteiger partial charge in [-0.3, -0.25) is 0 Å². The predicted octanol–water partition coefficient (Wildman–Crippen LogP) is 13.2. The Balaban J connectivity index is 1.12. The summed E-state index contributed by atoms with van der Waals surface area (Å²) < 4.78 is 6.78. The van der Waals surface area contributed by atoms with E-state index in [1.54, 1.807) is 0 Å². The van der Waals surface area contributed by atoms with Crippen molar-refractivity contribution in [2.75, 3.05) is 0 Å². The molecule has 9 aromatic rings. The fourth-order valence-corrected chi connectivity index (χ4v) is 8.29. The lowest BCUT2D eigenvalue weighted by Gasteiger charge is -2.22. The number of furan rings is 1. The van der Waals surface area contributed by atoms with Crippen molar-refractivity contribution in [3.05, 3.63) is 193 Å². The first-order chi connectivity index (χ1) is 27.2. The highest BCUT2D eigenvalue weighted by Crippen LogP contribution is 2.44. The van der Waals surface area contributed by atoms with Crippen molar-refractivity contribution >= 4 is 49.1 Å². The molecule has 0 N–H and O–H groups in total. The number of aromatic nitrogens is 3. The van der Waals surface area contributed by atoms with Crippen molar-refractivity contribution in [2.24, 2.45) is 5.92 Å². The standard InChI is InChI=1S/C51H33N3O/c1-2-13-35(14-3-1)42-19-10-17-40-31-44(47-43-18-8-9-20-45(43)55-48(47)46(40)42)51-53-49(52-50(54-51)41-28-24-33-12-5-7-16-38(33)30-41)36-25-21-34(22-26-36)39-27-23-32-11-4-6-15-37(32)29-39/h1-28,30-31,37H,29H2. The molecule has 0 aliphatic heterocycles. The average molecular weight is 704 g/mol. The molecule has 4 heteroatoms. The maximum Gasteiger partial charge on any atom is 0.164 e. The van der Waals surface area contributed by atoms with E-state index in [1.165, 1.54) is 22.1 Å². The lowest BCUT2D eigenvalue weighted by molar-refractivity contribution is 0.673. The number of benzene rings is 7. The minimum absolute atomic E-state index is 0.418. The molecule has 7 aromatic carbocycles. The quantitative estimate of drug-likeness (QED) is 0.179. The zero-order chi connectivity index (χ0) is 36.3. The smallest absolute Gasteiger partial charge is 0.164 e. The van der Waals surface area contributed by atoms with Crippen LogP contribution in [0, 0.1) is 5.92 Å². The van der Waals surface area contributed by atoms with Gasteiger partial charge < -0.3 is 4.42 Å². The van der Waals surface area contributed by atoms with E-state index in [0.717, 1.165) is 72.3 Å². The van der Waals surface area contributed by atoms with E-state index < -0.39 is 0 Å². The summed E-state index contributed by atoms with van der Waals surface area (Å²) in [6.45, 7) is 0. The summed E-state index contributed by atoms with van der Waals surface area (Å²) >= 11 is 0. The highest BCUT2D eigenvalue weighted by Gasteiger charge is 2.23. The van der Waals surface area contributed by atoms with Crippen LogP contribution < -0.4 is 0 Å². The molecule has 0 bridgehead atoms. The Labute approximate surface area is 318 Å². The molecule has 4 nitrogen and oxygen atoms in total. The molecule has 1 unspecified atom stereocenters. The molecule has 2 aliphatic carbocycles. The maximum absolute atomic E-state index is 6.78. The van der Waals surface area contributed by atoms with E-state index in [2.05, 4.69) is 170 Å².